The number of hydrogen-bond acceptors (Lipinski definition) is 3. The van der Waals surface area contributed by atoms with Crippen molar-refractivity contribution in [2.24, 2.45) is 17.3 Å². The van der Waals surface area contributed by atoms with E-state index in [1.165, 1.54) is 11.1 Å². The van der Waals surface area contributed by atoms with E-state index in [2.05, 4.69) is 18.9 Å². The fourth-order valence-electron chi connectivity index (χ4n) is 5.82. The lowest BCUT2D eigenvalue weighted by molar-refractivity contribution is -0.134. The summed E-state index contributed by atoms with van der Waals surface area (Å²) in [5.41, 5.74) is 1.69. The molecule has 3 N–H and O–H groups in total. The highest BCUT2D eigenvalue weighted by Crippen LogP contribution is 2.64. The Balaban J connectivity index is 0.000000447. The standard InChI is InChI=1S/C20H24O2.C2H4O2/c1-3-20(22)11-9-18-17-6-4-13-12-14(21)5-7-15(13)16(17)8-10-19(18,20)2;1-2(3)4/h1,5,7,12,16-18,21-22H,4,6,8-11H2,2H3;1H3,(H,3,4)/t16-,17-,18+,19+,20+;/m1./s1. The number of fused-ring (bicyclic) bond motifs is 5. The van der Waals surface area contributed by atoms with Gasteiger partial charge >= 0.3 is 0 Å². The van der Waals surface area contributed by atoms with Crippen LogP contribution in [0.4, 0.5) is 0 Å². The Bertz CT molecular complexity index is 745. The minimum absolute atomic E-state index is 0.128. The molecule has 0 saturated heterocycles. The van der Waals surface area contributed by atoms with Crippen LogP contribution < -0.4 is 0 Å². The molecule has 3 aliphatic carbocycles. The highest BCUT2D eigenvalue weighted by Gasteiger charge is 2.61. The third kappa shape index (κ3) is 2.89. The number of aryl methyl sites for hydroxylation is 1. The topological polar surface area (TPSA) is 77.8 Å². The van der Waals surface area contributed by atoms with E-state index >= 15 is 0 Å². The first kappa shape index (κ1) is 18.8. The van der Waals surface area contributed by atoms with Crippen LogP contribution in [-0.2, 0) is 11.2 Å². The second-order valence-electron chi connectivity index (χ2n) is 8.32. The summed E-state index contributed by atoms with van der Waals surface area (Å²) in [6, 6.07) is 5.87. The summed E-state index contributed by atoms with van der Waals surface area (Å²) < 4.78 is 0. The van der Waals surface area contributed by atoms with Gasteiger partial charge in [-0.1, -0.05) is 18.9 Å². The minimum Gasteiger partial charge on any atom is -0.508 e. The first-order chi connectivity index (χ1) is 12.2. The van der Waals surface area contributed by atoms with Gasteiger partial charge in [0.15, 0.2) is 0 Å². The number of aliphatic hydroxyl groups is 1. The Labute approximate surface area is 155 Å². The van der Waals surface area contributed by atoms with Crippen molar-refractivity contribution in [1.82, 2.24) is 0 Å². The molecule has 140 valence electrons. The van der Waals surface area contributed by atoms with Crippen LogP contribution in [0.1, 0.15) is 63.0 Å². The fraction of sp³-hybridized carbons (Fsp3) is 0.591. The minimum atomic E-state index is -0.919. The zero-order chi connectivity index (χ0) is 19.1. The summed E-state index contributed by atoms with van der Waals surface area (Å²) in [6.07, 6.45) is 11.8. The van der Waals surface area contributed by atoms with Crippen LogP contribution in [0.3, 0.4) is 0 Å². The van der Waals surface area contributed by atoms with Gasteiger partial charge < -0.3 is 15.3 Å². The van der Waals surface area contributed by atoms with Crippen LogP contribution >= 0.6 is 0 Å². The van der Waals surface area contributed by atoms with E-state index in [4.69, 9.17) is 16.3 Å². The molecule has 2 fully saturated rings. The molecule has 5 atom stereocenters. The summed E-state index contributed by atoms with van der Waals surface area (Å²) in [5, 5.41) is 28.0. The van der Waals surface area contributed by atoms with Gasteiger partial charge in [-0.3, -0.25) is 4.79 Å². The molecule has 26 heavy (non-hydrogen) atoms. The predicted molar refractivity (Wildman–Crippen MR) is 99.8 cm³/mol. The van der Waals surface area contributed by atoms with Crippen molar-refractivity contribution < 1.29 is 20.1 Å². The maximum atomic E-state index is 10.9. The highest BCUT2D eigenvalue weighted by atomic mass is 16.4. The largest absolute Gasteiger partial charge is 0.508 e. The number of phenolic OH excluding ortho intramolecular Hbond substituents is 1. The Kier molecular flexibility index (Phi) is 4.79. The van der Waals surface area contributed by atoms with E-state index in [1.54, 1.807) is 0 Å². The molecule has 4 heteroatoms. The van der Waals surface area contributed by atoms with Crippen LogP contribution in [0, 0.1) is 29.6 Å². The van der Waals surface area contributed by atoms with E-state index in [1.807, 2.05) is 12.1 Å². The van der Waals surface area contributed by atoms with Gasteiger partial charge in [-0.2, -0.15) is 0 Å². The third-order valence-electron chi connectivity index (χ3n) is 7.10. The van der Waals surface area contributed by atoms with Crippen LogP contribution in [0.25, 0.3) is 0 Å². The summed E-state index contributed by atoms with van der Waals surface area (Å²) in [7, 11) is 0. The summed E-state index contributed by atoms with van der Waals surface area (Å²) in [5.74, 6) is 3.98. The molecule has 3 aliphatic rings. The molecule has 0 aromatic heterocycles. The lowest BCUT2D eigenvalue weighted by Gasteiger charge is -2.52. The number of terminal acetylenes is 1. The van der Waals surface area contributed by atoms with Gasteiger partial charge in [-0.25, -0.2) is 0 Å². The average molecular weight is 356 g/mol. The molecule has 0 unspecified atom stereocenters. The van der Waals surface area contributed by atoms with Crippen molar-refractivity contribution in [3.63, 3.8) is 0 Å². The van der Waals surface area contributed by atoms with Crippen molar-refractivity contribution in [3.8, 4) is 18.1 Å². The number of carboxylic acid groups (broad SMARTS) is 1. The van der Waals surface area contributed by atoms with E-state index in [0.717, 1.165) is 45.4 Å². The van der Waals surface area contributed by atoms with Gasteiger partial charge in [0.25, 0.3) is 5.97 Å². The van der Waals surface area contributed by atoms with Gasteiger partial charge in [0.05, 0.1) is 0 Å². The van der Waals surface area contributed by atoms with E-state index in [-0.39, 0.29) is 5.41 Å². The van der Waals surface area contributed by atoms with Crippen molar-refractivity contribution in [2.45, 2.75) is 63.9 Å². The Morgan fingerprint density at radius 3 is 2.62 bits per heavy atom. The zero-order valence-electron chi connectivity index (χ0n) is 15.5. The zero-order valence-corrected chi connectivity index (χ0v) is 15.5. The first-order valence-corrected chi connectivity index (χ1v) is 9.43. The molecule has 0 heterocycles. The average Bonchev–Trinajstić information content (AvgIpc) is 2.86. The molecule has 1 aromatic rings. The van der Waals surface area contributed by atoms with Gasteiger partial charge in [0, 0.05) is 12.3 Å². The van der Waals surface area contributed by atoms with Crippen LogP contribution in [0.5, 0.6) is 5.75 Å². The molecule has 4 rings (SSSR count). The number of benzene rings is 1. The quantitative estimate of drug-likeness (QED) is 0.619. The van der Waals surface area contributed by atoms with E-state index in [9.17, 15) is 10.2 Å². The maximum absolute atomic E-state index is 10.9. The maximum Gasteiger partial charge on any atom is 0.300 e. The summed E-state index contributed by atoms with van der Waals surface area (Å²) in [4.78, 5) is 9.00. The summed E-state index contributed by atoms with van der Waals surface area (Å²) >= 11 is 0. The predicted octanol–water partition coefficient (Wildman–Crippen LogP) is 3.70. The van der Waals surface area contributed by atoms with Gasteiger partial charge in [0.2, 0.25) is 0 Å². The van der Waals surface area contributed by atoms with Crippen molar-refractivity contribution in [3.05, 3.63) is 29.3 Å². The SMILES string of the molecule is C#C[C@]1(O)CC[C@H]2[C@@H]3CCc4cc(O)ccc4[C@H]3CC[C@@]21C.CC(=O)O. The molecule has 0 bridgehead atoms. The number of carbonyl (C=O) groups is 1. The Hall–Kier alpha value is -1.99. The molecule has 0 amide bonds. The molecule has 0 spiro atoms. The van der Waals surface area contributed by atoms with Crippen LogP contribution in [0.15, 0.2) is 18.2 Å². The van der Waals surface area contributed by atoms with Crippen LogP contribution in [0.2, 0.25) is 0 Å². The Morgan fingerprint density at radius 2 is 1.96 bits per heavy atom. The number of phenols is 1. The van der Waals surface area contributed by atoms with Crippen molar-refractivity contribution in [2.75, 3.05) is 0 Å². The molecule has 0 radical (unpaired) electrons. The number of aliphatic carboxylic acids is 1. The number of rotatable bonds is 0. The monoisotopic (exact) mass is 356 g/mol. The van der Waals surface area contributed by atoms with Gasteiger partial charge in [-0.05, 0) is 79.5 Å². The molecule has 2 saturated carbocycles. The highest BCUT2D eigenvalue weighted by molar-refractivity contribution is 5.62. The second-order valence-corrected chi connectivity index (χ2v) is 8.32. The molecular weight excluding hydrogens is 328 g/mol. The third-order valence-corrected chi connectivity index (χ3v) is 7.10. The van der Waals surface area contributed by atoms with E-state index in [0.29, 0.717) is 23.5 Å². The number of aromatic hydroxyl groups is 1. The molecular formula is C22H28O4. The number of carboxylic acids is 1. The van der Waals surface area contributed by atoms with Crippen molar-refractivity contribution in [1.29, 1.82) is 0 Å². The van der Waals surface area contributed by atoms with E-state index < -0.39 is 11.6 Å². The first-order valence-electron chi connectivity index (χ1n) is 9.43. The van der Waals surface area contributed by atoms with Gasteiger partial charge in [0.1, 0.15) is 11.4 Å². The second kappa shape index (κ2) is 6.63. The lowest BCUT2D eigenvalue weighted by atomic mass is 9.53. The molecule has 0 aliphatic heterocycles. The Morgan fingerprint density at radius 1 is 1.27 bits per heavy atom. The summed E-state index contributed by atoms with van der Waals surface area (Å²) in [6.45, 7) is 3.30. The van der Waals surface area contributed by atoms with Gasteiger partial charge in [-0.15, -0.1) is 6.42 Å². The lowest BCUT2D eigenvalue weighted by Crippen LogP contribution is -2.50. The van der Waals surface area contributed by atoms with Crippen molar-refractivity contribution >= 4 is 5.97 Å². The number of hydrogen-bond donors (Lipinski definition) is 3. The smallest absolute Gasteiger partial charge is 0.300 e. The van der Waals surface area contributed by atoms with Crippen LogP contribution in [-0.4, -0.2) is 26.9 Å². The molecule has 1 aromatic carbocycles. The normalized spacial score (nSPS) is 37.2. The molecule has 4 nitrogen and oxygen atoms in total. The fourth-order valence-corrected chi connectivity index (χ4v) is 5.82.